The smallest absolute Gasteiger partial charge is 0.0464 e. The van der Waals surface area contributed by atoms with Crippen LogP contribution in [0, 0.1) is 27.7 Å². The molecule has 0 heterocycles. The minimum absolute atomic E-state index is 1.16. The van der Waals surface area contributed by atoms with E-state index in [0.29, 0.717) is 0 Å². The van der Waals surface area contributed by atoms with Crippen LogP contribution in [-0.4, -0.2) is 0 Å². The van der Waals surface area contributed by atoms with E-state index in [-0.39, 0.29) is 0 Å². The number of anilines is 3. The van der Waals surface area contributed by atoms with Crippen molar-refractivity contribution >= 4 is 17.1 Å². The summed E-state index contributed by atoms with van der Waals surface area (Å²) in [5.41, 5.74) is 11.2. The lowest BCUT2D eigenvalue weighted by atomic mass is 10.0. The second-order valence-corrected chi connectivity index (χ2v) is 7.86. The van der Waals surface area contributed by atoms with Crippen LogP contribution >= 0.6 is 0 Å². The van der Waals surface area contributed by atoms with E-state index in [4.69, 9.17) is 0 Å². The van der Waals surface area contributed by atoms with E-state index in [1.807, 2.05) is 0 Å². The normalized spacial score (nSPS) is 10.8. The van der Waals surface area contributed by atoms with Gasteiger partial charge in [-0.1, -0.05) is 60.2 Å². The van der Waals surface area contributed by atoms with Gasteiger partial charge in [0, 0.05) is 17.1 Å². The molecule has 29 heavy (non-hydrogen) atoms. The van der Waals surface area contributed by atoms with Crippen LogP contribution in [0.3, 0.4) is 0 Å². The second kappa shape index (κ2) is 7.97. The highest BCUT2D eigenvalue weighted by Crippen LogP contribution is 2.36. The van der Waals surface area contributed by atoms with Crippen molar-refractivity contribution in [1.82, 2.24) is 0 Å². The summed E-state index contributed by atoms with van der Waals surface area (Å²) >= 11 is 0. The molecular weight excluding hydrogens is 350 g/mol. The number of benzene rings is 4. The van der Waals surface area contributed by atoms with Gasteiger partial charge in [0.15, 0.2) is 0 Å². The average molecular weight is 378 g/mol. The maximum absolute atomic E-state index is 2.33. The van der Waals surface area contributed by atoms with Crippen LogP contribution in [0.1, 0.15) is 22.3 Å². The van der Waals surface area contributed by atoms with Crippen LogP contribution in [-0.2, 0) is 0 Å². The lowest BCUT2D eigenvalue weighted by molar-refractivity contribution is 1.24. The van der Waals surface area contributed by atoms with Gasteiger partial charge in [-0.25, -0.2) is 0 Å². The topological polar surface area (TPSA) is 3.24 Å². The summed E-state index contributed by atoms with van der Waals surface area (Å²) in [6.07, 6.45) is 0. The second-order valence-electron chi connectivity index (χ2n) is 7.86. The molecule has 4 aromatic rings. The van der Waals surface area contributed by atoms with Gasteiger partial charge in [-0.15, -0.1) is 0 Å². The molecule has 144 valence electrons. The summed E-state index contributed by atoms with van der Waals surface area (Å²) in [7, 11) is 0. The number of nitrogens with zero attached hydrogens (tertiary/aromatic N) is 1. The van der Waals surface area contributed by atoms with Gasteiger partial charge in [-0.05, 0) is 91.9 Å². The quantitative estimate of drug-likeness (QED) is 0.347. The van der Waals surface area contributed by atoms with Gasteiger partial charge in [-0.2, -0.15) is 0 Å². The molecule has 0 unspecified atom stereocenters. The molecule has 0 radical (unpaired) electrons. The third kappa shape index (κ3) is 4.09. The van der Waals surface area contributed by atoms with Gasteiger partial charge in [0.05, 0.1) is 0 Å². The molecule has 0 atom stereocenters. The molecule has 0 N–H and O–H groups in total. The Labute approximate surface area is 174 Å². The molecule has 1 heteroatoms. The minimum Gasteiger partial charge on any atom is -0.310 e. The first-order valence-corrected chi connectivity index (χ1v) is 10.1. The van der Waals surface area contributed by atoms with Crippen molar-refractivity contribution in [2.24, 2.45) is 0 Å². The van der Waals surface area contributed by atoms with Gasteiger partial charge in [0.2, 0.25) is 0 Å². The zero-order valence-electron chi connectivity index (χ0n) is 17.6. The van der Waals surface area contributed by atoms with E-state index in [0.717, 1.165) is 5.69 Å². The van der Waals surface area contributed by atoms with Crippen molar-refractivity contribution in [2.75, 3.05) is 4.90 Å². The van der Waals surface area contributed by atoms with Crippen LogP contribution in [0.25, 0.3) is 11.1 Å². The Morgan fingerprint density at radius 3 is 1.66 bits per heavy atom. The fourth-order valence-corrected chi connectivity index (χ4v) is 3.63. The fraction of sp³-hybridized carbons (Fsp3) is 0.143. The summed E-state index contributed by atoms with van der Waals surface area (Å²) in [4.78, 5) is 2.33. The van der Waals surface area contributed by atoms with E-state index in [1.165, 1.54) is 44.8 Å². The van der Waals surface area contributed by atoms with Crippen molar-refractivity contribution in [3.05, 3.63) is 113 Å². The van der Waals surface area contributed by atoms with Gasteiger partial charge >= 0.3 is 0 Å². The predicted molar refractivity (Wildman–Crippen MR) is 126 cm³/mol. The maximum atomic E-state index is 2.33. The van der Waals surface area contributed by atoms with Gasteiger partial charge in [0.25, 0.3) is 0 Å². The average Bonchev–Trinajstić information content (AvgIpc) is 2.72. The van der Waals surface area contributed by atoms with Crippen molar-refractivity contribution < 1.29 is 0 Å². The zero-order chi connectivity index (χ0) is 20.4. The third-order valence-corrected chi connectivity index (χ3v) is 5.52. The van der Waals surface area contributed by atoms with E-state index >= 15 is 0 Å². The van der Waals surface area contributed by atoms with Gasteiger partial charge in [0.1, 0.15) is 0 Å². The number of aryl methyl sites for hydroxylation is 4. The molecule has 1 nitrogen and oxygen atoms in total. The Bertz CT molecular complexity index is 1120. The molecule has 0 amide bonds. The summed E-state index contributed by atoms with van der Waals surface area (Å²) in [5.74, 6) is 0. The summed E-state index contributed by atoms with van der Waals surface area (Å²) < 4.78 is 0. The van der Waals surface area contributed by atoms with E-state index in [9.17, 15) is 0 Å². The van der Waals surface area contributed by atoms with Crippen molar-refractivity contribution in [3.8, 4) is 11.1 Å². The lowest BCUT2D eigenvalue weighted by Crippen LogP contribution is -2.10. The van der Waals surface area contributed by atoms with Gasteiger partial charge < -0.3 is 4.90 Å². The van der Waals surface area contributed by atoms with Crippen molar-refractivity contribution in [3.63, 3.8) is 0 Å². The molecule has 0 spiro atoms. The monoisotopic (exact) mass is 377 g/mol. The SMILES string of the molecule is Cc1ccc(-c2ccc(N(c3cccc(C)c3)c3ccc(C)c(C)c3)cc2)cc1. The minimum atomic E-state index is 1.16. The largest absolute Gasteiger partial charge is 0.310 e. The number of rotatable bonds is 4. The fourth-order valence-electron chi connectivity index (χ4n) is 3.63. The highest BCUT2D eigenvalue weighted by molar-refractivity contribution is 5.79. The Morgan fingerprint density at radius 1 is 0.448 bits per heavy atom. The van der Waals surface area contributed by atoms with Crippen molar-refractivity contribution in [1.29, 1.82) is 0 Å². The molecule has 0 bridgehead atoms. The molecule has 0 fully saturated rings. The Balaban J connectivity index is 1.78. The highest BCUT2D eigenvalue weighted by atomic mass is 15.1. The van der Waals surface area contributed by atoms with E-state index < -0.39 is 0 Å². The standard InChI is InChI=1S/C28H27N/c1-20-8-11-24(12-9-20)25-13-16-26(17-14-25)29(27-7-5-6-21(2)18-27)28-15-10-22(3)23(4)19-28/h5-19H,1-4H3. The van der Waals surface area contributed by atoms with Crippen LogP contribution in [0.2, 0.25) is 0 Å². The molecule has 0 saturated carbocycles. The third-order valence-electron chi connectivity index (χ3n) is 5.52. The van der Waals surface area contributed by atoms with Crippen molar-refractivity contribution in [2.45, 2.75) is 27.7 Å². The Morgan fingerprint density at radius 2 is 1.03 bits per heavy atom. The van der Waals surface area contributed by atoms with E-state index in [2.05, 4.69) is 124 Å². The first-order chi connectivity index (χ1) is 14.0. The molecule has 0 aliphatic carbocycles. The first kappa shape index (κ1) is 19.0. The number of hydrogen-bond donors (Lipinski definition) is 0. The van der Waals surface area contributed by atoms with E-state index in [1.54, 1.807) is 0 Å². The lowest BCUT2D eigenvalue weighted by Gasteiger charge is -2.26. The first-order valence-electron chi connectivity index (χ1n) is 10.1. The maximum Gasteiger partial charge on any atom is 0.0464 e. The molecule has 0 aliphatic heterocycles. The molecule has 0 saturated heterocycles. The van der Waals surface area contributed by atoms with Gasteiger partial charge in [-0.3, -0.25) is 0 Å². The number of hydrogen-bond acceptors (Lipinski definition) is 1. The zero-order valence-corrected chi connectivity index (χ0v) is 17.6. The predicted octanol–water partition coefficient (Wildman–Crippen LogP) is 8.06. The Hall–Kier alpha value is -3.32. The summed E-state index contributed by atoms with van der Waals surface area (Å²) in [6.45, 7) is 8.60. The summed E-state index contributed by atoms with van der Waals surface area (Å²) in [6, 6.07) is 32.9. The molecule has 4 rings (SSSR count). The van der Waals surface area contributed by atoms with Crippen LogP contribution in [0.5, 0.6) is 0 Å². The molecule has 0 aromatic heterocycles. The molecule has 4 aromatic carbocycles. The molecular formula is C28H27N. The van der Waals surface area contributed by atoms with Crippen LogP contribution in [0.15, 0.2) is 91.0 Å². The summed E-state index contributed by atoms with van der Waals surface area (Å²) in [5, 5.41) is 0. The van der Waals surface area contributed by atoms with Crippen LogP contribution in [0.4, 0.5) is 17.1 Å². The Kier molecular flexibility index (Phi) is 5.22. The highest BCUT2D eigenvalue weighted by Gasteiger charge is 2.13. The molecule has 0 aliphatic rings. The van der Waals surface area contributed by atoms with Crippen LogP contribution < -0.4 is 4.90 Å².